The largest absolute Gasteiger partial charge is 0.756 e. The molecule has 0 fully saturated rings. The molecule has 0 bridgehead atoms. The van der Waals surface area contributed by atoms with Gasteiger partial charge >= 0.3 is 11.9 Å². The zero-order valence-corrected chi connectivity index (χ0v) is 36.9. The van der Waals surface area contributed by atoms with Crippen LogP contribution in [0.2, 0.25) is 0 Å². The van der Waals surface area contributed by atoms with Crippen LogP contribution in [0.5, 0.6) is 0 Å². The minimum Gasteiger partial charge on any atom is -0.756 e. The third-order valence-corrected chi connectivity index (χ3v) is 9.66. The van der Waals surface area contributed by atoms with Crippen molar-refractivity contribution in [1.29, 1.82) is 0 Å². The average Bonchev–Trinajstić information content (AvgIpc) is 3.15. The molecule has 0 aromatic heterocycles. The van der Waals surface area contributed by atoms with Crippen molar-refractivity contribution in [3.8, 4) is 0 Å². The number of hydrogen-bond donors (Lipinski definition) is 0. The molecule has 0 aliphatic rings. The van der Waals surface area contributed by atoms with Crippen molar-refractivity contribution >= 4 is 19.8 Å². The van der Waals surface area contributed by atoms with E-state index in [-0.39, 0.29) is 26.1 Å². The fraction of sp³-hybridized carbons (Fsp3) is 0.696. The summed E-state index contributed by atoms with van der Waals surface area (Å²) in [6.45, 7) is 4.07. The molecule has 0 spiro atoms. The molecule has 0 N–H and O–H groups in total. The zero-order valence-electron chi connectivity index (χ0n) is 36.1. The molecule has 0 amide bonds. The van der Waals surface area contributed by atoms with Crippen LogP contribution in [0.4, 0.5) is 0 Å². The van der Waals surface area contributed by atoms with E-state index in [1.54, 1.807) is 0 Å². The van der Waals surface area contributed by atoms with Gasteiger partial charge in [0, 0.05) is 12.8 Å². The maximum atomic E-state index is 12.6. The molecule has 0 saturated heterocycles. The van der Waals surface area contributed by atoms with Crippen molar-refractivity contribution in [3.63, 3.8) is 0 Å². The minimum atomic E-state index is -4.65. The molecule has 9 nitrogen and oxygen atoms in total. The average molecular weight is 806 g/mol. The number of unbranched alkanes of at least 4 members (excludes halogenated alkanes) is 12. The van der Waals surface area contributed by atoms with Crippen molar-refractivity contribution in [2.75, 3.05) is 47.5 Å². The van der Waals surface area contributed by atoms with E-state index in [1.807, 2.05) is 27.2 Å². The van der Waals surface area contributed by atoms with Crippen LogP contribution >= 0.6 is 7.82 Å². The molecule has 1 unspecified atom stereocenters. The van der Waals surface area contributed by atoms with Gasteiger partial charge in [-0.15, -0.1) is 0 Å². The molecule has 2 atom stereocenters. The number of carbonyl (C=O) groups excluding carboxylic acids is 2. The molecule has 0 aromatic carbocycles. The van der Waals surface area contributed by atoms with Crippen LogP contribution < -0.4 is 4.89 Å². The zero-order chi connectivity index (χ0) is 41.4. The summed E-state index contributed by atoms with van der Waals surface area (Å²) >= 11 is 0. The Morgan fingerprint density at radius 2 is 0.982 bits per heavy atom. The van der Waals surface area contributed by atoms with Gasteiger partial charge in [-0.3, -0.25) is 14.2 Å². The quantitative estimate of drug-likeness (QED) is 0.0199. The van der Waals surface area contributed by atoms with Gasteiger partial charge in [0.15, 0.2) is 6.10 Å². The van der Waals surface area contributed by atoms with Gasteiger partial charge in [0.2, 0.25) is 0 Å². The van der Waals surface area contributed by atoms with Crippen LogP contribution in [0.25, 0.3) is 0 Å². The molecule has 0 radical (unpaired) electrons. The van der Waals surface area contributed by atoms with Crippen molar-refractivity contribution in [1.82, 2.24) is 0 Å². The molecule has 0 rings (SSSR count). The molecule has 10 heteroatoms. The lowest BCUT2D eigenvalue weighted by atomic mass is 10.1. The summed E-state index contributed by atoms with van der Waals surface area (Å²) in [7, 11) is 1.11. The maximum absolute atomic E-state index is 12.6. The second kappa shape index (κ2) is 38.0. The number of hydrogen-bond acceptors (Lipinski definition) is 8. The van der Waals surface area contributed by atoms with Gasteiger partial charge in [0.25, 0.3) is 7.82 Å². The van der Waals surface area contributed by atoms with E-state index in [9.17, 15) is 19.0 Å². The standard InChI is InChI=1S/C46H80NO8P/c1-6-8-10-12-14-16-18-20-22-23-25-27-29-31-33-35-37-39-46(49)55-44(43-54-56(50,51)53-41-40-47(3,4)5)42-52-45(48)38-36-34-32-30-28-26-24-21-19-17-15-13-11-9-7-2/h14-17,20-22,24-25,27,31,33,44H,6-13,18-19,23,26,28-30,32,34-43H2,1-5H3/b16-14+,17-15+,22-20+,24-21+,27-25+,33-31+/t44-/m1/s1. The summed E-state index contributed by atoms with van der Waals surface area (Å²) in [5, 5.41) is 0. The molecular formula is C46H80NO8P. The number of allylic oxidation sites excluding steroid dienone is 12. The van der Waals surface area contributed by atoms with E-state index in [0.29, 0.717) is 30.3 Å². The Balaban J connectivity index is 4.52. The monoisotopic (exact) mass is 806 g/mol. The summed E-state index contributed by atoms with van der Waals surface area (Å²) in [6.07, 6.45) is 46.5. The molecule has 0 heterocycles. The summed E-state index contributed by atoms with van der Waals surface area (Å²) < 4.78 is 33.8. The normalized spacial score (nSPS) is 14.3. The first-order valence-electron chi connectivity index (χ1n) is 21.6. The number of nitrogens with zero attached hydrogens (tertiary/aromatic N) is 1. The molecule has 0 aliphatic carbocycles. The molecule has 56 heavy (non-hydrogen) atoms. The van der Waals surface area contributed by atoms with Crippen molar-refractivity contribution in [3.05, 3.63) is 72.9 Å². The van der Waals surface area contributed by atoms with Gasteiger partial charge in [-0.05, 0) is 83.5 Å². The third kappa shape index (κ3) is 41.1. The summed E-state index contributed by atoms with van der Waals surface area (Å²) in [5.41, 5.74) is 0. The van der Waals surface area contributed by atoms with Crippen LogP contribution in [0.1, 0.15) is 155 Å². The van der Waals surface area contributed by atoms with Gasteiger partial charge in [-0.25, -0.2) is 0 Å². The first-order chi connectivity index (χ1) is 27.0. The topological polar surface area (TPSA) is 111 Å². The van der Waals surface area contributed by atoms with Gasteiger partial charge in [-0.2, -0.15) is 0 Å². The number of quaternary nitrogens is 1. The van der Waals surface area contributed by atoms with Crippen LogP contribution in [0.15, 0.2) is 72.9 Å². The summed E-state index contributed by atoms with van der Waals surface area (Å²) in [4.78, 5) is 37.5. The fourth-order valence-electron chi connectivity index (χ4n) is 5.26. The second-order valence-corrected chi connectivity index (χ2v) is 16.8. The van der Waals surface area contributed by atoms with Crippen LogP contribution in [-0.2, 0) is 32.7 Å². The SMILES string of the molecule is CCCCC/C=C/C/C=C/C/C=C/C/C=C/CCCC(=O)O[C@H](COC(=O)CCCCCCC/C=C/C/C=C/CCCCC)COP(=O)([O-])OCC[N+](C)(C)C. The lowest BCUT2D eigenvalue weighted by Gasteiger charge is -2.28. The van der Waals surface area contributed by atoms with Gasteiger partial charge < -0.3 is 27.9 Å². The Kier molecular flexibility index (Phi) is 36.3. The van der Waals surface area contributed by atoms with Crippen molar-refractivity contribution in [2.45, 2.75) is 161 Å². The molecule has 0 aromatic rings. The lowest BCUT2D eigenvalue weighted by Crippen LogP contribution is -2.37. The Labute approximate surface area is 342 Å². The predicted octanol–water partition coefficient (Wildman–Crippen LogP) is 11.6. The summed E-state index contributed by atoms with van der Waals surface area (Å²) in [6, 6.07) is 0. The van der Waals surface area contributed by atoms with Gasteiger partial charge in [-0.1, -0.05) is 132 Å². The highest BCUT2D eigenvalue weighted by atomic mass is 31.2. The number of ether oxygens (including phenoxy) is 2. The predicted molar refractivity (Wildman–Crippen MR) is 231 cm³/mol. The number of likely N-dealkylation sites (N-methyl/N-ethyl adjacent to an activating group) is 1. The van der Waals surface area contributed by atoms with Crippen LogP contribution in [0, 0.1) is 0 Å². The number of esters is 2. The highest BCUT2D eigenvalue weighted by Gasteiger charge is 2.21. The van der Waals surface area contributed by atoms with Crippen molar-refractivity contribution in [2.24, 2.45) is 0 Å². The summed E-state index contributed by atoms with van der Waals surface area (Å²) in [5.74, 6) is -0.923. The van der Waals surface area contributed by atoms with Gasteiger partial charge in [0.1, 0.15) is 19.8 Å². The second-order valence-electron chi connectivity index (χ2n) is 15.3. The number of rotatable bonds is 38. The van der Waals surface area contributed by atoms with E-state index < -0.39 is 32.5 Å². The van der Waals surface area contributed by atoms with E-state index in [0.717, 1.165) is 57.8 Å². The van der Waals surface area contributed by atoms with Crippen molar-refractivity contribution < 1.29 is 42.1 Å². The first kappa shape index (κ1) is 53.5. The van der Waals surface area contributed by atoms with E-state index in [4.69, 9.17) is 18.5 Å². The van der Waals surface area contributed by atoms with E-state index in [1.165, 1.54) is 51.4 Å². The van der Waals surface area contributed by atoms with E-state index >= 15 is 0 Å². The highest BCUT2D eigenvalue weighted by molar-refractivity contribution is 7.45. The Bertz CT molecular complexity index is 1180. The Hall–Kier alpha value is -2.55. The molecule has 322 valence electrons. The van der Waals surface area contributed by atoms with Crippen LogP contribution in [0.3, 0.4) is 0 Å². The number of carbonyl (C=O) groups is 2. The number of phosphoric ester groups is 1. The van der Waals surface area contributed by atoms with Crippen LogP contribution in [-0.4, -0.2) is 70.0 Å². The smallest absolute Gasteiger partial charge is 0.306 e. The fourth-order valence-corrected chi connectivity index (χ4v) is 5.99. The maximum Gasteiger partial charge on any atom is 0.306 e. The van der Waals surface area contributed by atoms with E-state index in [2.05, 4.69) is 80.7 Å². The first-order valence-corrected chi connectivity index (χ1v) is 23.1. The molecule has 0 saturated carbocycles. The third-order valence-electron chi connectivity index (χ3n) is 8.70. The Morgan fingerprint density at radius 3 is 1.48 bits per heavy atom. The minimum absolute atomic E-state index is 0.0469. The Morgan fingerprint density at radius 1 is 0.554 bits per heavy atom. The lowest BCUT2D eigenvalue weighted by molar-refractivity contribution is -0.870. The molecule has 0 aliphatic heterocycles. The highest BCUT2D eigenvalue weighted by Crippen LogP contribution is 2.38. The number of phosphoric acid groups is 1. The van der Waals surface area contributed by atoms with Gasteiger partial charge in [0.05, 0.1) is 27.7 Å². The molecular weight excluding hydrogens is 725 g/mol.